The highest BCUT2D eigenvalue weighted by Crippen LogP contribution is 2.22. The molecule has 94 valence electrons. The van der Waals surface area contributed by atoms with Gasteiger partial charge in [0.25, 0.3) is 5.91 Å². The predicted octanol–water partition coefficient (Wildman–Crippen LogP) is 1.39. The number of nitrogens with zero attached hydrogens (tertiary/aromatic N) is 1. The van der Waals surface area contributed by atoms with Crippen LogP contribution in [0.15, 0.2) is 24.4 Å². The number of hydrogen-bond donors (Lipinski definition) is 3. The van der Waals surface area contributed by atoms with Gasteiger partial charge in [-0.25, -0.2) is 4.39 Å². The molecule has 0 spiro atoms. The minimum Gasteiger partial charge on any atom is -0.494 e. The van der Waals surface area contributed by atoms with E-state index in [0.717, 1.165) is 0 Å². The summed E-state index contributed by atoms with van der Waals surface area (Å²) in [6.45, 7) is 0. The lowest BCUT2D eigenvalue weighted by molar-refractivity contribution is 0.102. The normalized spacial score (nSPS) is 10.1. The van der Waals surface area contributed by atoms with Crippen molar-refractivity contribution in [3.05, 3.63) is 35.8 Å². The number of H-pyrrole nitrogens is 1. The maximum atomic E-state index is 13.2. The highest BCUT2D eigenvalue weighted by Gasteiger charge is 2.12. The molecule has 1 amide bonds. The molecule has 1 heterocycles. The first-order valence-electron chi connectivity index (χ1n) is 5.05. The molecule has 0 saturated heterocycles. The lowest BCUT2D eigenvalue weighted by atomic mass is 10.2. The van der Waals surface area contributed by atoms with E-state index >= 15 is 0 Å². The molecule has 0 aliphatic heterocycles. The molecule has 4 N–H and O–H groups in total. The van der Waals surface area contributed by atoms with Crippen LogP contribution < -0.4 is 15.8 Å². The third-order valence-electron chi connectivity index (χ3n) is 2.32. The molecule has 0 atom stereocenters. The van der Waals surface area contributed by atoms with Crippen molar-refractivity contribution < 1.29 is 13.9 Å². The molecule has 2 aromatic rings. The van der Waals surface area contributed by atoms with E-state index in [-0.39, 0.29) is 17.1 Å². The SMILES string of the molecule is COc1cc(NC(=O)c2cn[nH]c2N)ccc1F. The number of benzene rings is 1. The number of aromatic amines is 1. The Morgan fingerprint density at radius 3 is 2.94 bits per heavy atom. The Bertz CT molecular complexity index is 582. The van der Waals surface area contributed by atoms with Gasteiger partial charge in [-0.2, -0.15) is 5.10 Å². The average molecular weight is 250 g/mol. The van der Waals surface area contributed by atoms with E-state index in [2.05, 4.69) is 15.5 Å². The van der Waals surface area contributed by atoms with Crippen LogP contribution in [-0.2, 0) is 0 Å². The smallest absolute Gasteiger partial charge is 0.261 e. The molecule has 0 saturated carbocycles. The summed E-state index contributed by atoms with van der Waals surface area (Å²) in [5.74, 6) is -0.720. The van der Waals surface area contributed by atoms with Crippen LogP contribution in [0.25, 0.3) is 0 Å². The maximum Gasteiger partial charge on any atom is 0.261 e. The van der Waals surface area contributed by atoms with E-state index in [1.54, 1.807) is 0 Å². The van der Waals surface area contributed by atoms with Crippen LogP contribution in [0.2, 0.25) is 0 Å². The largest absolute Gasteiger partial charge is 0.494 e. The molecule has 18 heavy (non-hydrogen) atoms. The number of rotatable bonds is 3. The van der Waals surface area contributed by atoms with Crippen LogP contribution in [0.3, 0.4) is 0 Å². The number of nitrogens with two attached hydrogens (primary N) is 1. The Kier molecular flexibility index (Phi) is 3.13. The standard InChI is InChI=1S/C11H11FN4O2/c1-18-9-4-6(2-3-8(9)12)15-11(17)7-5-14-16-10(7)13/h2-5H,1H3,(H,15,17)(H3,13,14,16). The summed E-state index contributed by atoms with van der Waals surface area (Å²) in [6, 6.07) is 4.00. The van der Waals surface area contributed by atoms with Gasteiger partial charge in [0.15, 0.2) is 11.6 Å². The number of carbonyl (C=O) groups is 1. The average Bonchev–Trinajstić information content (AvgIpc) is 2.78. The summed E-state index contributed by atoms with van der Waals surface area (Å²) < 4.78 is 18.0. The molecule has 0 aliphatic rings. The highest BCUT2D eigenvalue weighted by atomic mass is 19.1. The third-order valence-corrected chi connectivity index (χ3v) is 2.32. The summed E-state index contributed by atoms with van der Waals surface area (Å²) in [5.41, 5.74) is 6.13. The van der Waals surface area contributed by atoms with Gasteiger partial charge in [0.2, 0.25) is 0 Å². The molecule has 0 fully saturated rings. The zero-order valence-electron chi connectivity index (χ0n) is 9.53. The van der Waals surface area contributed by atoms with Crippen LogP contribution in [0.4, 0.5) is 15.9 Å². The van der Waals surface area contributed by atoms with E-state index in [1.807, 2.05) is 0 Å². The fourth-order valence-corrected chi connectivity index (χ4v) is 1.41. The molecule has 0 radical (unpaired) electrons. The number of nitrogens with one attached hydrogen (secondary N) is 2. The van der Waals surface area contributed by atoms with Crippen LogP contribution in [-0.4, -0.2) is 23.2 Å². The van der Waals surface area contributed by atoms with Crippen molar-refractivity contribution in [2.45, 2.75) is 0 Å². The number of hydrogen-bond acceptors (Lipinski definition) is 4. The summed E-state index contributed by atoms with van der Waals surface area (Å²) in [7, 11) is 1.35. The lowest BCUT2D eigenvalue weighted by Crippen LogP contribution is -2.13. The van der Waals surface area contributed by atoms with E-state index in [0.29, 0.717) is 5.69 Å². The molecule has 0 aliphatic carbocycles. The second-order valence-electron chi connectivity index (χ2n) is 3.50. The molecule has 1 aromatic heterocycles. The Morgan fingerprint density at radius 2 is 2.33 bits per heavy atom. The first kappa shape index (κ1) is 11.9. The number of halogens is 1. The van der Waals surface area contributed by atoms with Crippen LogP contribution in [0.1, 0.15) is 10.4 Å². The van der Waals surface area contributed by atoms with Crippen molar-refractivity contribution in [1.29, 1.82) is 0 Å². The van der Waals surface area contributed by atoms with Crippen LogP contribution >= 0.6 is 0 Å². The number of aromatic nitrogens is 2. The molecule has 7 heteroatoms. The first-order valence-corrected chi connectivity index (χ1v) is 5.05. The zero-order chi connectivity index (χ0) is 13.1. The Hall–Kier alpha value is -2.57. The van der Waals surface area contributed by atoms with Gasteiger partial charge >= 0.3 is 0 Å². The van der Waals surface area contributed by atoms with Gasteiger partial charge < -0.3 is 15.8 Å². The molecule has 0 bridgehead atoms. The molecule has 0 unspecified atom stereocenters. The van der Waals surface area contributed by atoms with Crippen molar-refractivity contribution in [2.75, 3.05) is 18.2 Å². The Balaban J connectivity index is 2.20. The second kappa shape index (κ2) is 4.74. The molecular formula is C11H11FN4O2. The monoisotopic (exact) mass is 250 g/mol. The highest BCUT2D eigenvalue weighted by molar-refractivity contribution is 6.07. The van der Waals surface area contributed by atoms with E-state index in [4.69, 9.17) is 10.5 Å². The lowest BCUT2D eigenvalue weighted by Gasteiger charge is -2.07. The molecule has 6 nitrogen and oxygen atoms in total. The minimum atomic E-state index is -0.502. The number of anilines is 2. The first-order chi connectivity index (χ1) is 8.61. The fourth-order valence-electron chi connectivity index (χ4n) is 1.41. The molecule has 2 rings (SSSR count). The van der Waals surface area contributed by atoms with Gasteiger partial charge in [-0.1, -0.05) is 0 Å². The number of carbonyl (C=O) groups excluding carboxylic acids is 1. The molecular weight excluding hydrogens is 239 g/mol. The Morgan fingerprint density at radius 1 is 1.56 bits per heavy atom. The van der Waals surface area contributed by atoms with E-state index in [1.165, 1.54) is 31.5 Å². The minimum absolute atomic E-state index is 0.0490. The van der Waals surface area contributed by atoms with Gasteiger partial charge in [0, 0.05) is 11.8 Å². The van der Waals surface area contributed by atoms with Crippen molar-refractivity contribution in [3.63, 3.8) is 0 Å². The second-order valence-corrected chi connectivity index (χ2v) is 3.50. The van der Waals surface area contributed by atoms with Crippen molar-refractivity contribution in [1.82, 2.24) is 10.2 Å². The maximum absolute atomic E-state index is 13.2. The topological polar surface area (TPSA) is 93.0 Å². The summed E-state index contributed by atoms with van der Waals surface area (Å²) in [6.07, 6.45) is 1.31. The summed E-state index contributed by atoms with van der Waals surface area (Å²) in [5, 5.41) is 8.65. The summed E-state index contributed by atoms with van der Waals surface area (Å²) in [4.78, 5) is 11.8. The van der Waals surface area contributed by atoms with Crippen molar-refractivity contribution >= 4 is 17.4 Å². The van der Waals surface area contributed by atoms with E-state index < -0.39 is 11.7 Å². The fraction of sp³-hybridized carbons (Fsp3) is 0.0909. The summed E-state index contributed by atoms with van der Waals surface area (Å²) >= 11 is 0. The van der Waals surface area contributed by atoms with Gasteiger partial charge in [0.05, 0.1) is 13.3 Å². The number of nitrogen functional groups attached to an aromatic ring is 1. The number of amides is 1. The van der Waals surface area contributed by atoms with Gasteiger partial charge in [-0.15, -0.1) is 0 Å². The van der Waals surface area contributed by atoms with Crippen LogP contribution in [0.5, 0.6) is 5.75 Å². The van der Waals surface area contributed by atoms with Crippen LogP contribution in [0, 0.1) is 5.82 Å². The van der Waals surface area contributed by atoms with Crippen molar-refractivity contribution in [3.8, 4) is 5.75 Å². The Labute approximate surface area is 102 Å². The number of methoxy groups -OCH3 is 1. The van der Waals surface area contributed by atoms with Gasteiger partial charge in [0.1, 0.15) is 11.4 Å². The third kappa shape index (κ3) is 2.24. The predicted molar refractivity (Wildman–Crippen MR) is 63.9 cm³/mol. The number of ether oxygens (including phenoxy) is 1. The van der Waals surface area contributed by atoms with E-state index in [9.17, 15) is 9.18 Å². The van der Waals surface area contributed by atoms with Gasteiger partial charge in [-0.3, -0.25) is 9.89 Å². The zero-order valence-corrected chi connectivity index (χ0v) is 9.53. The van der Waals surface area contributed by atoms with Gasteiger partial charge in [-0.05, 0) is 12.1 Å². The van der Waals surface area contributed by atoms with Crippen molar-refractivity contribution in [2.24, 2.45) is 0 Å². The molecule has 1 aromatic carbocycles. The quantitative estimate of drug-likeness (QED) is 0.767.